The van der Waals surface area contributed by atoms with Gasteiger partial charge in [-0.1, -0.05) is 60.7 Å². The van der Waals surface area contributed by atoms with E-state index >= 15 is 0 Å². The maximum atomic E-state index is 12.5. The summed E-state index contributed by atoms with van der Waals surface area (Å²) in [7, 11) is 1.86. The van der Waals surface area contributed by atoms with Gasteiger partial charge in [0.05, 0.1) is 5.39 Å². The van der Waals surface area contributed by atoms with Gasteiger partial charge in [-0.15, -0.1) is 11.3 Å². The van der Waals surface area contributed by atoms with Gasteiger partial charge in [0.25, 0.3) is 0 Å². The number of thiophene rings is 1. The van der Waals surface area contributed by atoms with Crippen molar-refractivity contribution in [3.8, 4) is 11.1 Å². The Morgan fingerprint density at radius 1 is 1.03 bits per heavy atom. The van der Waals surface area contributed by atoms with Crippen LogP contribution in [0.4, 0.5) is 5.82 Å². The number of nitrogens with one attached hydrogen (secondary N) is 1. The van der Waals surface area contributed by atoms with E-state index in [-0.39, 0.29) is 5.91 Å². The van der Waals surface area contributed by atoms with Crippen molar-refractivity contribution in [3.05, 3.63) is 77.4 Å². The van der Waals surface area contributed by atoms with Crippen molar-refractivity contribution in [1.29, 1.82) is 0 Å². The summed E-state index contributed by atoms with van der Waals surface area (Å²) in [5.74, 6) is 0.980. The zero-order valence-electron chi connectivity index (χ0n) is 17.8. The molecule has 1 N–H and O–H groups in total. The third kappa shape index (κ3) is 4.91. The first-order valence-electron chi connectivity index (χ1n) is 10.4. The predicted molar refractivity (Wildman–Crippen MR) is 128 cm³/mol. The molecule has 5 nitrogen and oxygen atoms in total. The van der Waals surface area contributed by atoms with Gasteiger partial charge in [0.15, 0.2) is 0 Å². The van der Waals surface area contributed by atoms with Crippen molar-refractivity contribution in [1.82, 2.24) is 14.9 Å². The second kappa shape index (κ2) is 9.71. The molecule has 6 heteroatoms. The fourth-order valence-electron chi connectivity index (χ4n) is 3.71. The Morgan fingerprint density at radius 2 is 1.74 bits per heavy atom. The van der Waals surface area contributed by atoms with E-state index in [1.807, 2.05) is 55.6 Å². The van der Waals surface area contributed by atoms with Crippen LogP contribution < -0.4 is 5.32 Å². The zero-order chi connectivity index (χ0) is 21.6. The summed E-state index contributed by atoms with van der Waals surface area (Å²) in [5, 5.41) is 4.50. The van der Waals surface area contributed by atoms with Crippen molar-refractivity contribution < 1.29 is 4.79 Å². The molecule has 0 saturated heterocycles. The minimum atomic E-state index is 0.148. The van der Waals surface area contributed by atoms with Crippen LogP contribution in [-0.4, -0.2) is 34.4 Å². The van der Waals surface area contributed by atoms with Crippen molar-refractivity contribution in [2.75, 3.05) is 18.9 Å². The summed E-state index contributed by atoms with van der Waals surface area (Å²) in [6, 6.07) is 20.4. The number of fused-ring (bicyclic) bond motifs is 1. The number of carbonyl (C=O) groups is 1. The van der Waals surface area contributed by atoms with E-state index < -0.39 is 0 Å². The van der Waals surface area contributed by atoms with Crippen molar-refractivity contribution in [2.45, 2.75) is 26.3 Å². The predicted octanol–water partition coefficient (Wildman–Crippen LogP) is 5.52. The number of hydrogen-bond acceptors (Lipinski definition) is 5. The molecular weight excluding hydrogens is 404 g/mol. The number of anilines is 1. The third-order valence-corrected chi connectivity index (χ3v) is 6.29. The standard InChI is InChI=1S/C25H26N4OS/c1-18-22(20-12-7-4-8-13-20)23-24(27-17-28-25(23)31-18)26-15-9-14-21(30)29(2)16-19-10-5-3-6-11-19/h3-8,10-13,17H,9,14-16H2,1-2H3,(H,26,27,28). The highest BCUT2D eigenvalue weighted by molar-refractivity contribution is 7.19. The van der Waals surface area contributed by atoms with Crippen LogP contribution in [0, 0.1) is 6.92 Å². The molecular formula is C25H26N4OS. The van der Waals surface area contributed by atoms with Gasteiger partial charge in [0.1, 0.15) is 17.0 Å². The lowest BCUT2D eigenvalue weighted by molar-refractivity contribution is -0.130. The number of carbonyl (C=O) groups excluding carboxylic acids is 1. The van der Waals surface area contributed by atoms with Crippen LogP contribution in [0.5, 0.6) is 0 Å². The minimum absolute atomic E-state index is 0.148. The SMILES string of the molecule is Cc1sc2ncnc(NCCCC(=O)N(C)Cc3ccccc3)c2c1-c1ccccc1. The van der Waals surface area contributed by atoms with E-state index in [1.165, 1.54) is 16.0 Å². The maximum Gasteiger partial charge on any atom is 0.222 e. The normalized spacial score (nSPS) is 10.9. The highest BCUT2D eigenvalue weighted by Crippen LogP contribution is 2.40. The number of aryl methyl sites for hydroxylation is 1. The van der Waals surface area contributed by atoms with Crippen molar-refractivity contribution in [2.24, 2.45) is 0 Å². The fraction of sp³-hybridized carbons (Fsp3) is 0.240. The van der Waals surface area contributed by atoms with Crippen molar-refractivity contribution >= 4 is 33.3 Å². The van der Waals surface area contributed by atoms with Crippen LogP contribution in [-0.2, 0) is 11.3 Å². The minimum Gasteiger partial charge on any atom is -0.369 e. The highest BCUT2D eigenvalue weighted by atomic mass is 32.1. The highest BCUT2D eigenvalue weighted by Gasteiger charge is 2.16. The molecule has 0 aliphatic heterocycles. The lowest BCUT2D eigenvalue weighted by Gasteiger charge is -2.17. The van der Waals surface area contributed by atoms with Gasteiger partial charge >= 0.3 is 0 Å². The number of nitrogens with zero attached hydrogens (tertiary/aromatic N) is 3. The molecule has 0 aliphatic rings. The summed E-state index contributed by atoms with van der Waals surface area (Å²) in [6.07, 6.45) is 2.85. The fourth-order valence-corrected chi connectivity index (χ4v) is 4.73. The van der Waals surface area contributed by atoms with Crippen LogP contribution in [0.15, 0.2) is 67.0 Å². The summed E-state index contributed by atoms with van der Waals surface area (Å²) in [6.45, 7) is 3.44. The van der Waals surface area contributed by atoms with Crippen molar-refractivity contribution in [3.63, 3.8) is 0 Å². The second-order valence-electron chi connectivity index (χ2n) is 7.57. The van der Waals surface area contributed by atoms with E-state index in [0.29, 0.717) is 19.5 Å². The first-order valence-corrected chi connectivity index (χ1v) is 11.3. The maximum absolute atomic E-state index is 12.5. The molecule has 158 valence electrons. The summed E-state index contributed by atoms with van der Waals surface area (Å²) >= 11 is 1.68. The lowest BCUT2D eigenvalue weighted by atomic mass is 10.0. The Labute approximate surface area is 186 Å². The van der Waals surface area contributed by atoms with Crippen LogP contribution >= 0.6 is 11.3 Å². The molecule has 0 radical (unpaired) electrons. The first kappa shape index (κ1) is 21.0. The van der Waals surface area contributed by atoms with Gasteiger partial charge in [0.2, 0.25) is 5.91 Å². The van der Waals surface area contributed by atoms with Crippen LogP contribution in [0.2, 0.25) is 0 Å². The van der Waals surface area contributed by atoms with E-state index in [1.54, 1.807) is 22.6 Å². The molecule has 4 aromatic rings. The lowest BCUT2D eigenvalue weighted by Crippen LogP contribution is -2.26. The molecule has 0 spiro atoms. The summed E-state index contributed by atoms with van der Waals surface area (Å²) < 4.78 is 0. The summed E-state index contributed by atoms with van der Waals surface area (Å²) in [5.41, 5.74) is 3.49. The quantitative estimate of drug-likeness (QED) is 0.374. The van der Waals surface area contributed by atoms with E-state index in [9.17, 15) is 4.79 Å². The molecule has 4 rings (SSSR count). The largest absolute Gasteiger partial charge is 0.369 e. The zero-order valence-corrected chi connectivity index (χ0v) is 18.7. The Kier molecular flexibility index (Phi) is 6.57. The van der Waals surface area contributed by atoms with E-state index in [2.05, 4.69) is 34.3 Å². The molecule has 31 heavy (non-hydrogen) atoms. The Bertz CT molecular complexity index is 1160. The number of rotatable bonds is 8. The second-order valence-corrected chi connectivity index (χ2v) is 8.77. The molecule has 0 fully saturated rings. The molecule has 2 aromatic heterocycles. The van der Waals surface area contributed by atoms with Crippen LogP contribution in [0.1, 0.15) is 23.3 Å². The Morgan fingerprint density at radius 3 is 2.48 bits per heavy atom. The van der Waals surface area contributed by atoms with Gasteiger partial charge in [-0.05, 0) is 24.5 Å². The number of amides is 1. The smallest absolute Gasteiger partial charge is 0.222 e. The molecule has 0 bridgehead atoms. The van der Waals surface area contributed by atoms with Crippen LogP contribution in [0.25, 0.3) is 21.3 Å². The van der Waals surface area contributed by atoms with Crippen LogP contribution in [0.3, 0.4) is 0 Å². The molecule has 2 heterocycles. The number of hydrogen-bond donors (Lipinski definition) is 1. The summed E-state index contributed by atoms with van der Waals surface area (Å²) in [4.78, 5) is 25.5. The Balaban J connectivity index is 1.40. The molecule has 0 aliphatic carbocycles. The van der Waals surface area contributed by atoms with Gasteiger partial charge in [-0.3, -0.25) is 4.79 Å². The Hall–Kier alpha value is -3.25. The first-order chi connectivity index (χ1) is 15.1. The molecule has 0 atom stereocenters. The van der Waals surface area contributed by atoms with Gasteiger partial charge < -0.3 is 10.2 Å². The average molecular weight is 431 g/mol. The number of benzene rings is 2. The number of aromatic nitrogens is 2. The average Bonchev–Trinajstić information content (AvgIpc) is 3.14. The topological polar surface area (TPSA) is 58.1 Å². The molecule has 0 saturated carbocycles. The molecule has 1 amide bonds. The monoisotopic (exact) mass is 430 g/mol. The van der Waals surface area contributed by atoms with E-state index in [0.717, 1.165) is 28.0 Å². The van der Waals surface area contributed by atoms with Gasteiger partial charge in [0, 0.05) is 37.0 Å². The van der Waals surface area contributed by atoms with Gasteiger partial charge in [-0.2, -0.15) is 0 Å². The molecule has 0 unspecified atom stereocenters. The van der Waals surface area contributed by atoms with Gasteiger partial charge in [-0.25, -0.2) is 9.97 Å². The van der Waals surface area contributed by atoms with E-state index in [4.69, 9.17) is 0 Å². The third-order valence-electron chi connectivity index (χ3n) is 5.27. The molecule has 2 aromatic carbocycles.